The third kappa shape index (κ3) is 5.82. The first-order chi connectivity index (χ1) is 15.4. The van der Waals surface area contributed by atoms with Gasteiger partial charge in [0.15, 0.2) is 0 Å². The summed E-state index contributed by atoms with van der Waals surface area (Å²) >= 11 is 1.52. The second-order valence-corrected chi connectivity index (χ2v) is 8.80. The number of carbonyl (C=O) groups is 3. The van der Waals surface area contributed by atoms with Gasteiger partial charge in [-0.05, 0) is 47.6 Å². The summed E-state index contributed by atoms with van der Waals surface area (Å²) in [7, 11) is 0. The molecule has 0 bridgehead atoms. The van der Waals surface area contributed by atoms with Crippen molar-refractivity contribution in [3.63, 3.8) is 0 Å². The van der Waals surface area contributed by atoms with Crippen molar-refractivity contribution in [3.05, 3.63) is 59.7 Å². The summed E-state index contributed by atoms with van der Waals surface area (Å²) in [5.74, 6) is -0.904. The first-order valence-electron chi connectivity index (χ1n) is 10.5. The summed E-state index contributed by atoms with van der Waals surface area (Å²) in [5.41, 5.74) is 4.55. The van der Waals surface area contributed by atoms with Crippen molar-refractivity contribution in [2.75, 3.05) is 18.6 Å². The summed E-state index contributed by atoms with van der Waals surface area (Å²) in [6.07, 6.45) is 1.58. The molecule has 0 heterocycles. The number of carbonyl (C=O) groups excluding carboxylic acids is 2. The molecule has 32 heavy (non-hydrogen) atoms. The molecule has 8 heteroatoms. The lowest BCUT2D eigenvalue weighted by atomic mass is 9.98. The number of thioether (sulfide) groups is 1. The molecule has 0 aromatic heterocycles. The molecule has 3 N–H and O–H groups in total. The molecule has 1 aliphatic carbocycles. The predicted molar refractivity (Wildman–Crippen MR) is 125 cm³/mol. The van der Waals surface area contributed by atoms with E-state index >= 15 is 0 Å². The van der Waals surface area contributed by atoms with Crippen LogP contribution in [-0.2, 0) is 14.3 Å². The van der Waals surface area contributed by atoms with Crippen LogP contribution in [0.1, 0.15) is 36.8 Å². The van der Waals surface area contributed by atoms with Crippen LogP contribution in [-0.4, -0.2) is 53.8 Å². The van der Waals surface area contributed by atoms with E-state index < -0.39 is 30.1 Å². The van der Waals surface area contributed by atoms with Crippen LogP contribution in [0.4, 0.5) is 4.79 Å². The maximum absolute atomic E-state index is 12.3. The summed E-state index contributed by atoms with van der Waals surface area (Å²) in [5, 5.41) is 14.4. The smallest absolute Gasteiger partial charge is 0.407 e. The first kappa shape index (κ1) is 23.7. The molecule has 170 valence electrons. The van der Waals surface area contributed by atoms with Crippen molar-refractivity contribution < 1.29 is 24.2 Å². The lowest BCUT2D eigenvalue weighted by Gasteiger charge is -2.18. The van der Waals surface area contributed by atoms with Gasteiger partial charge in [0.05, 0.1) is 0 Å². The molecule has 1 aliphatic rings. The molecule has 2 atom stereocenters. The molecule has 2 unspecified atom stereocenters. The Kier molecular flexibility index (Phi) is 8.16. The SMILES string of the molecule is CSCCC(NC(=O)CC(C)NC(=O)OCC1c2ccccc2-c2ccccc21)C(=O)O. The molecular formula is C24H28N2O5S. The minimum atomic E-state index is -1.07. The van der Waals surface area contributed by atoms with Gasteiger partial charge in [0.25, 0.3) is 0 Å². The maximum atomic E-state index is 12.3. The summed E-state index contributed by atoms with van der Waals surface area (Å²) in [6, 6.07) is 14.7. The number of hydrogen-bond donors (Lipinski definition) is 3. The van der Waals surface area contributed by atoms with E-state index in [1.54, 1.807) is 6.92 Å². The van der Waals surface area contributed by atoms with Crippen LogP contribution in [0.3, 0.4) is 0 Å². The van der Waals surface area contributed by atoms with E-state index in [1.165, 1.54) is 11.8 Å². The lowest BCUT2D eigenvalue weighted by molar-refractivity contribution is -0.141. The monoisotopic (exact) mass is 456 g/mol. The third-order valence-corrected chi connectivity index (χ3v) is 6.09. The van der Waals surface area contributed by atoms with Crippen molar-refractivity contribution in [1.82, 2.24) is 10.6 Å². The van der Waals surface area contributed by atoms with Crippen LogP contribution < -0.4 is 10.6 Å². The number of benzene rings is 2. The molecule has 3 rings (SSSR count). The number of alkyl carbamates (subject to hydrolysis) is 1. The van der Waals surface area contributed by atoms with E-state index in [-0.39, 0.29) is 18.9 Å². The van der Waals surface area contributed by atoms with Gasteiger partial charge in [-0.15, -0.1) is 0 Å². The molecule has 2 aromatic carbocycles. The Labute approximate surface area is 191 Å². The fourth-order valence-electron chi connectivity index (χ4n) is 3.92. The van der Waals surface area contributed by atoms with Gasteiger partial charge in [-0.1, -0.05) is 48.5 Å². The van der Waals surface area contributed by atoms with E-state index in [9.17, 15) is 19.5 Å². The Hall–Kier alpha value is -3.00. The average Bonchev–Trinajstić information content (AvgIpc) is 3.08. The van der Waals surface area contributed by atoms with E-state index in [2.05, 4.69) is 22.8 Å². The van der Waals surface area contributed by atoms with E-state index in [0.29, 0.717) is 12.2 Å². The van der Waals surface area contributed by atoms with Gasteiger partial charge in [0, 0.05) is 18.4 Å². The predicted octanol–water partition coefficient (Wildman–Crippen LogP) is 3.63. The number of nitrogens with one attached hydrogen (secondary N) is 2. The lowest BCUT2D eigenvalue weighted by Crippen LogP contribution is -2.44. The second-order valence-electron chi connectivity index (χ2n) is 7.81. The Bertz CT molecular complexity index is 935. The first-order valence-corrected chi connectivity index (χ1v) is 11.9. The van der Waals surface area contributed by atoms with Crippen LogP contribution >= 0.6 is 11.8 Å². The summed E-state index contributed by atoms with van der Waals surface area (Å²) in [6.45, 7) is 1.87. The third-order valence-electron chi connectivity index (χ3n) is 5.44. The normalized spacial score (nSPS) is 14.1. The van der Waals surface area contributed by atoms with Gasteiger partial charge in [-0.2, -0.15) is 11.8 Å². The number of amides is 2. The van der Waals surface area contributed by atoms with Gasteiger partial charge in [0.2, 0.25) is 5.91 Å². The number of hydrogen-bond acceptors (Lipinski definition) is 5. The van der Waals surface area contributed by atoms with Crippen molar-refractivity contribution in [1.29, 1.82) is 0 Å². The molecule has 0 aliphatic heterocycles. The molecule has 7 nitrogen and oxygen atoms in total. The Morgan fingerprint density at radius 3 is 2.19 bits per heavy atom. The van der Waals surface area contributed by atoms with Crippen LogP contribution in [0.5, 0.6) is 0 Å². The zero-order valence-corrected chi connectivity index (χ0v) is 19.0. The Morgan fingerprint density at radius 2 is 1.62 bits per heavy atom. The molecule has 0 saturated heterocycles. The maximum Gasteiger partial charge on any atom is 0.407 e. The molecule has 2 amide bonds. The average molecular weight is 457 g/mol. The largest absolute Gasteiger partial charge is 0.480 e. The topological polar surface area (TPSA) is 105 Å². The van der Waals surface area contributed by atoms with Crippen LogP contribution in [0.2, 0.25) is 0 Å². The fraction of sp³-hybridized carbons (Fsp3) is 0.375. The Balaban J connectivity index is 1.51. The molecule has 2 aromatic rings. The standard InChI is InChI=1S/C24H28N2O5S/c1-15(13-22(27)26-21(23(28)29)11-12-32-2)25-24(30)31-14-20-18-9-5-3-7-16(18)17-8-4-6-10-19(17)20/h3-10,15,20-21H,11-14H2,1-2H3,(H,25,30)(H,26,27)(H,28,29). The van der Waals surface area contributed by atoms with Crippen molar-refractivity contribution in [2.45, 2.75) is 37.8 Å². The highest BCUT2D eigenvalue weighted by atomic mass is 32.2. The molecule has 0 saturated carbocycles. The van der Waals surface area contributed by atoms with Crippen LogP contribution in [0.25, 0.3) is 11.1 Å². The van der Waals surface area contributed by atoms with E-state index in [1.807, 2.05) is 42.7 Å². The van der Waals surface area contributed by atoms with Crippen molar-refractivity contribution in [3.8, 4) is 11.1 Å². The highest BCUT2D eigenvalue weighted by Crippen LogP contribution is 2.44. The number of ether oxygens (including phenoxy) is 1. The summed E-state index contributed by atoms with van der Waals surface area (Å²) < 4.78 is 5.49. The quantitative estimate of drug-likeness (QED) is 0.504. The summed E-state index contributed by atoms with van der Waals surface area (Å²) in [4.78, 5) is 35.8. The molecule has 0 spiro atoms. The van der Waals surface area contributed by atoms with Gasteiger partial charge in [0.1, 0.15) is 12.6 Å². The number of rotatable bonds is 10. The number of carboxylic acids is 1. The highest BCUT2D eigenvalue weighted by Gasteiger charge is 2.29. The van der Waals surface area contributed by atoms with Crippen molar-refractivity contribution in [2.24, 2.45) is 0 Å². The minimum absolute atomic E-state index is 0.0345. The zero-order valence-electron chi connectivity index (χ0n) is 18.2. The van der Waals surface area contributed by atoms with Gasteiger partial charge >= 0.3 is 12.1 Å². The van der Waals surface area contributed by atoms with Gasteiger partial charge in [-0.25, -0.2) is 9.59 Å². The van der Waals surface area contributed by atoms with E-state index in [0.717, 1.165) is 22.3 Å². The zero-order chi connectivity index (χ0) is 23.1. The van der Waals surface area contributed by atoms with Gasteiger partial charge in [-0.3, -0.25) is 4.79 Å². The molecular weight excluding hydrogens is 428 g/mol. The van der Waals surface area contributed by atoms with Gasteiger partial charge < -0.3 is 20.5 Å². The number of fused-ring (bicyclic) bond motifs is 3. The number of carboxylic acid groups (broad SMARTS) is 1. The van der Waals surface area contributed by atoms with E-state index in [4.69, 9.17) is 4.74 Å². The second kappa shape index (κ2) is 11.0. The van der Waals surface area contributed by atoms with Crippen LogP contribution in [0.15, 0.2) is 48.5 Å². The van der Waals surface area contributed by atoms with Crippen LogP contribution in [0, 0.1) is 0 Å². The Morgan fingerprint density at radius 1 is 1.03 bits per heavy atom. The van der Waals surface area contributed by atoms with Crippen molar-refractivity contribution >= 4 is 29.7 Å². The molecule has 0 fully saturated rings. The fourth-order valence-corrected chi connectivity index (χ4v) is 4.39. The minimum Gasteiger partial charge on any atom is -0.480 e. The number of aliphatic carboxylic acids is 1. The molecule has 0 radical (unpaired) electrons. The highest BCUT2D eigenvalue weighted by molar-refractivity contribution is 7.98.